The van der Waals surface area contributed by atoms with E-state index in [1.54, 1.807) is 24.5 Å². The molecule has 2 aromatic heterocycles. The fourth-order valence-corrected chi connectivity index (χ4v) is 3.30. The Balaban J connectivity index is 1.70. The van der Waals surface area contributed by atoms with Gasteiger partial charge in [0.25, 0.3) is 5.91 Å². The standard InChI is InChI=1S/C21H21N3O2S/c1-2-14-26-20-16(8-6-12-22-20)15-24-19(25)18-11-7-13-23-21(18)27-17-9-4-3-5-10-17/h3-13H,2,14-15H2,1H3,(H,24,25). The summed E-state index contributed by atoms with van der Waals surface area (Å²) in [5, 5.41) is 3.62. The Bertz CT molecular complexity index is 887. The van der Waals surface area contributed by atoms with E-state index in [-0.39, 0.29) is 5.91 Å². The highest BCUT2D eigenvalue weighted by atomic mass is 32.2. The predicted octanol–water partition coefficient (Wildman–Crippen LogP) is 4.35. The lowest BCUT2D eigenvalue weighted by Crippen LogP contribution is -2.24. The van der Waals surface area contributed by atoms with Gasteiger partial charge in [0.05, 0.1) is 12.2 Å². The monoisotopic (exact) mass is 379 g/mol. The van der Waals surface area contributed by atoms with Crippen LogP contribution in [0.5, 0.6) is 5.88 Å². The Hall–Kier alpha value is -2.86. The summed E-state index contributed by atoms with van der Waals surface area (Å²) in [6, 6.07) is 17.2. The molecule has 6 heteroatoms. The highest BCUT2D eigenvalue weighted by Gasteiger charge is 2.14. The van der Waals surface area contributed by atoms with Crippen LogP contribution in [-0.4, -0.2) is 22.5 Å². The first-order valence-corrected chi connectivity index (χ1v) is 9.62. The van der Waals surface area contributed by atoms with E-state index in [1.165, 1.54) is 11.8 Å². The van der Waals surface area contributed by atoms with Crippen molar-refractivity contribution in [2.45, 2.75) is 29.8 Å². The maximum atomic E-state index is 12.7. The van der Waals surface area contributed by atoms with Gasteiger partial charge in [-0.15, -0.1) is 0 Å². The molecule has 0 aliphatic rings. The number of hydrogen-bond acceptors (Lipinski definition) is 5. The molecule has 27 heavy (non-hydrogen) atoms. The zero-order valence-electron chi connectivity index (χ0n) is 15.1. The lowest BCUT2D eigenvalue weighted by molar-refractivity contribution is 0.0947. The minimum Gasteiger partial charge on any atom is -0.477 e. The smallest absolute Gasteiger partial charge is 0.254 e. The van der Waals surface area contributed by atoms with Crippen molar-refractivity contribution in [3.8, 4) is 5.88 Å². The van der Waals surface area contributed by atoms with Gasteiger partial charge >= 0.3 is 0 Å². The van der Waals surface area contributed by atoms with E-state index in [2.05, 4.69) is 15.3 Å². The molecule has 0 radical (unpaired) electrons. The summed E-state index contributed by atoms with van der Waals surface area (Å²) < 4.78 is 5.65. The number of ether oxygens (including phenoxy) is 1. The van der Waals surface area contributed by atoms with Crippen molar-refractivity contribution in [2.24, 2.45) is 0 Å². The molecule has 0 aliphatic carbocycles. The SMILES string of the molecule is CCCOc1ncccc1CNC(=O)c1cccnc1Sc1ccccc1. The summed E-state index contributed by atoms with van der Waals surface area (Å²) in [7, 11) is 0. The van der Waals surface area contributed by atoms with Gasteiger partial charge in [-0.1, -0.05) is 43.0 Å². The zero-order valence-corrected chi connectivity index (χ0v) is 15.9. The summed E-state index contributed by atoms with van der Waals surface area (Å²) in [4.78, 5) is 22.4. The largest absolute Gasteiger partial charge is 0.477 e. The molecule has 0 saturated heterocycles. The van der Waals surface area contributed by atoms with Crippen molar-refractivity contribution in [1.82, 2.24) is 15.3 Å². The number of carbonyl (C=O) groups excluding carboxylic acids is 1. The van der Waals surface area contributed by atoms with Crippen molar-refractivity contribution in [1.29, 1.82) is 0 Å². The van der Waals surface area contributed by atoms with E-state index in [9.17, 15) is 4.79 Å². The molecular formula is C21H21N3O2S. The molecule has 0 aliphatic heterocycles. The molecule has 0 fully saturated rings. The van der Waals surface area contributed by atoms with Crippen molar-refractivity contribution < 1.29 is 9.53 Å². The molecule has 1 amide bonds. The molecule has 138 valence electrons. The van der Waals surface area contributed by atoms with Gasteiger partial charge in [-0.25, -0.2) is 9.97 Å². The highest BCUT2D eigenvalue weighted by molar-refractivity contribution is 7.99. The number of carbonyl (C=O) groups is 1. The first-order chi connectivity index (χ1) is 13.3. The number of rotatable bonds is 8. The van der Waals surface area contributed by atoms with Gasteiger partial charge in [-0.05, 0) is 36.8 Å². The maximum Gasteiger partial charge on any atom is 0.254 e. The lowest BCUT2D eigenvalue weighted by Gasteiger charge is -2.12. The van der Waals surface area contributed by atoms with E-state index in [0.29, 0.717) is 29.6 Å². The van der Waals surface area contributed by atoms with Gasteiger partial charge < -0.3 is 10.1 Å². The Morgan fingerprint density at radius 2 is 1.81 bits per heavy atom. The van der Waals surface area contributed by atoms with Crippen LogP contribution in [0.25, 0.3) is 0 Å². The average molecular weight is 379 g/mol. The molecular weight excluding hydrogens is 358 g/mol. The van der Waals surface area contributed by atoms with Crippen molar-refractivity contribution in [3.63, 3.8) is 0 Å². The Labute approximate surface area is 163 Å². The number of aromatic nitrogens is 2. The summed E-state index contributed by atoms with van der Waals surface area (Å²) in [6.45, 7) is 2.98. The second-order valence-corrected chi connectivity index (χ2v) is 6.83. The first kappa shape index (κ1) is 18.9. The Morgan fingerprint density at radius 3 is 2.63 bits per heavy atom. The molecule has 0 saturated carbocycles. The van der Waals surface area contributed by atoms with E-state index in [1.807, 2.05) is 49.4 Å². The van der Waals surface area contributed by atoms with Crippen LogP contribution in [0.2, 0.25) is 0 Å². The number of benzene rings is 1. The minimum atomic E-state index is -0.174. The van der Waals surface area contributed by atoms with Gasteiger partial charge in [-0.3, -0.25) is 4.79 Å². The number of pyridine rings is 2. The molecule has 3 rings (SSSR count). The first-order valence-electron chi connectivity index (χ1n) is 8.80. The van der Waals surface area contributed by atoms with Crippen LogP contribution >= 0.6 is 11.8 Å². The lowest BCUT2D eigenvalue weighted by atomic mass is 10.2. The van der Waals surface area contributed by atoms with Gasteiger partial charge in [0.15, 0.2) is 0 Å². The quantitative estimate of drug-likeness (QED) is 0.630. The zero-order chi connectivity index (χ0) is 18.9. The van der Waals surface area contributed by atoms with Gasteiger partial charge in [-0.2, -0.15) is 0 Å². The summed E-state index contributed by atoms with van der Waals surface area (Å²) >= 11 is 1.47. The van der Waals surface area contributed by atoms with Crippen molar-refractivity contribution in [2.75, 3.05) is 6.61 Å². The van der Waals surface area contributed by atoms with Crippen molar-refractivity contribution in [3.05, 3.63) is 78.1 Å². The fourth-order valence-electron chi connectivity index (χ4n) is 2.40. The third-order valence-electron chi connectivity index (χ3n) is 3.71. The molecule has 0 spiro atoms. The minimum absolute atomic E-state index is 0.174. The van der Waals surface area contributed by atoms with Crippen molar-refractivity contribution >= 4 is 17.7 Å². The second-order valence-electron chi connectivity index (χ2n) is 5.77. The van der Waals surface area contributed by atoms with Crippen LogP contribution < -0.4 is 10.1 Å². The predicted molar refractivity (Wildman–Crippen MR) is 106 cm³/mol. The van der Waals surface area contributed by atoms with E-state index < -0.39 is 0 Å². The molecule has 1 aromatic carbocycles. The fraction of sp³-hybridized carbons (Fsp3) is 0.190. The third-order valence-corrected chi connectivity index (χ3v) is 4.73. The van der Waals surface area contributed by atoms with Crippen LogP contribution in [-0.2, 0) is 6.54 Å². The summed E-state index contributed by atoms with van der Waals surface area (Å²) in [5.41, 5.74) is 1.40. The maximum absolute atomic E-state index is 12.7. The number of nitrogens with zero attached hydrogens (tertiary/aromatic N) is 2. The molecule has 2 heterocycles. The number of hydrogen-bond donors (Lipinski definition) is 1. The summed E-state index contributed by atoms with van der Waals surface area (Å²) in [5.74, 6) is 0.386. The second kappa shape index (κ2) is 9.73. The van der Waals surface area contributed by atoms with Gasteiger partial charge in [0.2, 0.25) is 5.88 Å². The average Bonchev–Trinajstić information content (AvgIpc) is 2.72. The van der Waals surface area contributed by atoms with Crippen LogP contribution in [0.1, 0.15) is 29.3 Å². The molecule has 0 atom stereocenters. The van der Waals surface area contributed by atoms with Gasteiger partial charge in [0.1, 0.15) is 5.03 Å². The highest BCUT2D eigenvalue weighted by Crippen LogP contribution is 2.28. The van der Waals surface area contributed by atoms with E-state index >= 15 is 0 Å². The topological polar surface area (TPSA) is 64.1 Å². The third kappa shape index (κ3) is 5.31. The molecule has 3 aromatic rings. The number of amides is 1. The van der Waals surface area contributed by atoms with Crippen LogP contribution in [0.3, 0.4) is 0 Å². The Kier molecular flexibility index (Phi) is 6.82. The van der Waals surface area contributed by atoms with Crippen LogP contribution in [0.4, 0.5) is 0 Å². The van der Waals surface area contributed by atoms with Crippen LogP contribution in [0, 0.1) is 0 Å². The normalized spacial score (nSPS) is 10.4. The van der Waals surface area contributed by atoms with E-state index in [0.717, 1.165) is 16.9 Å². The van der Waals surface area contributed by atoms with Crippen LogP contribution in [0.15, 0.2) is 76.9 Å². The van der Waals surface area contributed by atoms with Gasteiger partial charge in [0, 0.05) is 29.4 Å². The number of nitrogens with one attached hydrogen (secondary N) is 1. The molecule has 0 bridgehead atoms. The summed E-state index contributed by atoms with van der Waals surface area (Å²) in [6.07, 6.45) is 4.28. The van der Waals surface area contributed by atoms with E-state index in [4.69, 9.17) is 4.74 Å². The molecule has 1 N–H and O–H groups in total. The molecule has 5 nitrogen and oxygen atoms in total. The Morgan fingerprint density at radius 1 is 1.04 bits per heavy atom. The molecule has 0 unspecified atom stereocenters.